The number of rotatable bonds is 2. The number of halogens is 1. The molecule has 4 nitrogen and oxygen atoms in total. The van der Waals surface area contributed by atoms with Crippen molar-refractivity contribution in [3.8, 4) is 0 Å². The zero-order valence-electron chi connectivity index (χ0n) is 9.70. The topological polar surface area (TPSA) is 41.1 Å². The van der Waals surface area contributed by atoms with Gasteiger partial charge in [-0.25, -0.2) is 9.97 Å². The summed E-state index contributed by atoms with van der Waals surface area (Å²) < 4.78 is 0. The molecule has 0 bridgehead atoms. The molecule has 2 rings (SSSR count). The summed E-state index contributed by atoms with van der Waals surface area (Å²) in [6, 6.07) is 2.31. The Morgan fingerprint density at radius 3 is 3.06 bits per heavy atom. The Bertz CT molecular complexity index is 349. The normalized spacial score (nSPS) is 22.3. The summed E-state index contributed by atoms with van der Waals surface area (Å²) in [6.07, 6.45) is 0. The van der Waals surface area contributed by atoms with Crippen molar-refractivity contribution in [2.45, 2.75) is 26.4 Å². The molecule has 1 aromatic rings. The summed E-state index contributed by atoms with van der Waals surface area (Å²) >= 11 is 5.92. The third-order valence-corrected chi connectivity index (χ3v) is 3.05. The van der Waals surface area contributed by atoms with Crippen LogP contribution in [0.25, 0.3) is 0 Å². The number of nitrogens with one attached hydrogen (secondary N) is 1. The van der Waals surface area contributed by atoms with Crippen LogP contribution in [0.4, 0.5) is 0 Å². The lowest BCUT2D eigenvalue weighted by atomic mass is 10.2. The number of nitrogens with zero attached hydrogens (tertiary/aromatic N) is 3. The number of hydrogen-bond donors (Lipinski definition) is 1. The van der Waals surface area contributed by atoms with Crippen molar-refractivity contribution in [3.05, 3.63) is 22.7 Å². The van der Waals surface area contributed by atoms with Crippen LogP contribution in [-0.4, -0.2) is 40.5 Å². The maximum absolute atomic E-state index is 5.92. The van der Waals surface area contributed by atoms with Gasteiger partial charge in [0.2, 0.25) is 0 Å². The van der Waals surface area contributed by atoms with Gasteiger partial charge in [0.1, 0.15) is 11.0 Å². The highest BCUT2D eigenvalue weighted by Crippen LogP contribution is 2.10. The molecule has 16 heavy (non-hydrogen) atoms. The molecule has 1 saturated heterocycles. The molecule has 1 unspecified atom stereocenters. The van der Waals surface area contributed by atoms with Crippen LogP contribution in [-0.2, 0) is 6.54 Å². The summed E-state index contributed by atoms with van der Waals surface area (Å²) in [6.45, 7) is 8.03. The van der Waals surface area contributed by atoms with Gasteiger partial charge in [-0.2, -0.15) is 0 Å². The Balaban J connectivity index is 2.07. The van der Waals surface area contributed by atoms with Crippen LogP contribution in [0.3, 0.4) is 0 Å². The largest absolute Gasteiger partial charge is 0.314 e. The second-order valence-electron chi connectivity index (χ2n) is 4.27. The van der Waals surface area contributed by atoms with E-state index in [0.29, 0.717) is 11.2 Å². The van der Waals surface area contributed by atoms with Crippen molar-refractivity contribution in [2.24, 2.45) is 0 Å². The van der Waals surface area contributed by atoms with E-state index in [9.17, 15) is 0 Å². The van der Waals surface area contributed by atoms with Gasteiger partial charge >= 0.3 is 0 Å². The first-order valence-corrected chi connectivity index (χ1v) is 5.98. The minimum atomic E-state index is 0.525. The predicted octanol–water partition coefficient (Wildman–Crippen LogP) is 1.23. The fourth-order valence-electron chi connectivity index (χ4n) is 1.96. The zero-order valence-corrected chi connectivity index (χ0v) is 10.5. The van der Waals surface area contributed by atoms with E-state index in [1.807, 2.05) is 6.92 Å². The van der Waals surface area contributed by atoms with Gasteiger partial charge in [-0.15, -0.1) is 0 Å². The van der Waals surface area contributed by atoms with Crippen molar-refractivity contribution in [3.63, 3.8) is 0 Å². The molecule has 1 aliphatic heterocycles. The molecule has 0 spiro atoms. The van der Waals surface area contributed by atoms with Crippen LogP contribution in [0.15, 0.2) is 6.07 Å². The lowest BCUT2D eigenvalue weighted by molar-refractivity contribution is 0.161. The van der Waals surface area contributed by atoms with E-state index in [0.717, 1.165) is 37.7 Å². The van der Waals surface area contributed by atoms with Crippen LogP contribution >= 0.6 is 11.6 Å². The summed E-state index contributed by atoms with van der Waals surface area (Å²) in [5, 5.41) is 3.90. The molecule has 5 heteroatoms. The first-order chi connectivity index (χ1) is 7.65. The monoisotopic (exact) mass is 240 g/mol. The quantitative estimate of drug-likeness (QED) is 0.790. The summed E-state index contributed by atoms with van der Waals surface area (Å²) in [5.74, 6) is 0.818. The highest BCUT2D eigenvalue weighted by atomic mass is 35.5. The molecule has 0 aromatic carbocycles. The van der Waals surface area contributed by atoms with E-state index in [-0.39, 0.29) is 0 Å². The van der Waals surface area contributed by atoms with Gasteiger partial charge in [0.25, 0.3) is 0 Å². The average molecular weight is 241 g/mol. The van der Waals surface area contributed by atoms with Crippen LogP contribution in [0, 0.1) is 6.92 Å². The fourth-order valence-corrected chi connectivity index (χ4v) is 2.21. The van der Waals surface area contributed by atoms with Gasteiger partial charge in [0, 0.05) is 31.4 Å². The molecule has 2 heterocycles. The summed E-state index contributed by atoms with van der Waals surface area (Å²) in [4.78, 5) is 11.0. The van der Waals surface area contributed by atoms with Crippen LogP contribution in [0.5, 0.6) is 0 Å². The molecule has 0 aliphatic carbocycles. The van der Waals surface area contributed by atoms with Gasteiger partial charge in [0.15, 0.2) is 0 Å². The minimum Gasteiger partial charge on any atom is -0.314 e. The van der Waals surface area contributed by atoms with E-state index in [4.69, 9.17) is 11.6 Å². The second-order valence-corrected chi connectivity index (χ2v) is 4.66. The van der Waals surface area contributed by atoms with Crippen molar-refractivity contribution in [1.82, 2.24) is 20.2 Å². The van der Waals surface area contributed by atoms with Crippen molar-refractivity contribution < 1.29 is 0 Å². The van der Waals surface area contributed by atoms with Crippen LogP contribution in [0.1, 0.15) is 18.4 Å². The first-order valence-electron chi connectivity index (χ1n) is 5.60. The van der Waals surface area contributed by atoms with Crippen molar-refractivity contribution in [2.75, 3.05) is 19.6 Å². The maximum Gasteiger partial charge on any atom is 0.144 e. The maximum atomic E-state index is 5.92. The standard InChI is InChI=1S/C11H17ClN4/c1-8-5-10(12)15-11(14-8)7-16-4-3-13-6-9(16)2/h5,9,13H,3-4,6-7H2,1-2H3. The zero-order chi connectivity index (χ0) is 11.5. The van der Waals surface area contributed by atoms with Crippen molar-refractivity contribution in [1.29, 1.82) is 0 Å². The SMILES string of the molecule is Cc1cc(Cl)nc(CN2CCNCC2C)n1. The van der Waals surface area contributed by atoms with E-state index in [2.05, 4.69) is 27.1 Å². The van der Waals surface area contributed by atoms with Crippen LogP contribution in [0.2, 0.25) is 5.15 Å². The first kappa shape index (κ1) is 11.8. The highest BCUT2D eigenvalue weighted by molar-refractivity contribution is 6.29. The van der Waals surface area contributed by atoms with E-state index < -0.39 is 0 Å². The number of piperazine rings is 1. The van der Waals surface area contributed by atoms with Gasteiger partial charge in [-0.05, 0) is 19.9 Å². The Morgan fingerprint density at radius 2 is 2.38 bits per heavy atom. The predicted molar refractivity (Wildman–Crippen MR) is 64.5 cm³/mol. The highest BCUT2D eigenvalue weighted by Gasteiger charge is 2.18. The van der Waals surface area contributed by atoms with E-state index in [1.54, 1.807) is 6.07 Å². The molecule has 1 N–H and O–H groups in total. The second kappa shape index (κ2) is 5.08. The Hall–Kier alpha value is -0.710. The smallest absolute Gasteiger partial charge is 0.144 e. The van der Waals surface area contributed by atoms with E-state index in [1.165, 1.54) is 0 Å². The molecular formula is C11H17ClN4. The molecule has 1 atom stereocenters. The molecule has 1 aromatic heterocycles. The molecule has 0 amide bonds. The molecule has 1 aliphatic rings. The van der Waals surface area contributed by atoms with Gasteiger partial charge in [-0.3, -0.25) is 4.90 Å². The Kier molecular flexibility index (Phi) is 3.74. The summed E-state index contributed by atoms with van der Waals surface area (Å²) in [5.41, 5.74) is 0.929. The molecule has 0 radical (unpaired) electrons. The molecule has 0 saturated carbocycles. The van der Waals surface area contributed by atoms with Crippen LogP contribution < -0.4 is 5.32 Å². The fraction of sp³-hybridized carbons (Fsp3) is 0.636. The van der Waals surface area contributed by atoms with Crippen molar-refractivity contribution >= 4 is 11.6 Å². The molecule has 88 valence electrons. The van der Waals surface area contributed by atoms with E-state index >= 15 is 0 Å². The lowest BCUT2D eigenvalue weighted by Crippen LogP contribution is -2.49. The number of aromatic nitrogens is 2. The molecular weight excluding hydrogens is 224 g/mol. The third kappa shape index (κ3) is 2.90. The Labute approximate surface area is 101 Å². The minimum absolute atomic E-state index is 0.525. The average Bonchev–Trinajstić information content (AvgIpc) is 2.20. The van der Waals surface area contributed by atoms with Gasteiger partial charge < -0.3 is 5.32 Å². The number of aryl methyl sites for hydroxylation is 1. The molecule has 1 fully saturated rings. The summed E-state index contributed by atoms with van der Waals surface area (Å²) in [7, 11) is 0. The third-order valence-electron chi connectivity index (χ3n) is 2.85. The van der Waals surface area contributed by atoms with Gasteiger partial charge in [-0.1, -0.05) is 11.6 Å². The van der Waals surface area contributed by atoms with Gasteiger partial charge in [0.05, 0.1) is 6.54 Å². The lowest BCUT2D eigenvalue weighted by Gasteiger charge is -2.33. The Morgan fingerprint density at radius 1 is 1.56 bits per heavy atom. The number of hydrogen-bond acceptors (Lipinski definition) is 4.